The van der Waals surface area contributed by atoms with Crippen LogP contribution in [0.3, 0.4) is 0 Å². The Hall–Kier alpha value is -1.07. The zero-order valence-electron chi connectivity index (χ0n) is 10.5. The summed E-state index contributed by atoms with van der Waals surface area (Å²) in [6.07, 6.45) is 0.596. The quantitative estimate of drug-likeness (QED) is 0.895. The van der Waals surface area contributed by atoms with Crippen LogP contribution < -0.4 is 5.73 Å². The van der Waals surface area contributed by atoms with Gasteiger partial charge in [0.15, 0.2) is 0 Å². The highest BCUT2D eigenvalue weighted by Crippen LogP contribution is 2.31. The molecule has 1 aliphatic rings. The zero-order valence-corrected chi connectivity index (χ0v) is 12.8. The molecule has 1 aromatic rings. The first kappa shape index (κ1) is 14.3. The van der Waals surface area contributed by atoms with E-state index in [2.05, 4.69) is 15.9 Å². The predicted molar refractivity (Wildman–Crippen MR) is 77.0 cm³/mol. The van der Waals surface area contributed by atoms with E-state index >= 15 is 0 Å². The summed E-state index contributed by atoms with van der Waals surface area (Å²) < 4.78 is 0.745. The van der Waals surface area contributed by atoms with Gasteiger partial charge in [0.1, 0.15) is 0 Å². The summed E-state index contributed by atoms with van der Waals surface area (Å²) in [5.74, 6) is -0.490. The van der Waals surface area contributed by atoms with Gasteiger partial charge in [-0.15, -0.1) is 0 Å². The van der Waals surface area contributed by atoms with Gasteiger partial charge < -0.3 is 10.6 Å². The molecule has 0 spiro atoms. The normalized spacial score (nSPS) is 22.6. The van der Waals surface area contributed by atoms with E-state index < -0.39 is 5.41 Å². The van der Waals surface area contributed by atoms with Gasteiger partial charge in [-0.25, -0.2) is 0 Å². The van der Waals surface area contributed by atoms with Crippen LogP contribution >= 0.6 is 27.5 Å². The fourth-order valence-corrected chi connectivity index (χ4v) is 2.57. The van der Waals surface area contributed by atoms with Gasteiger partial charge in [-0.1, -0.05) is 11.6 Å². The molecule has 1 saturated heterocycles. The van der Waals surface area contributed by atoms with Crippen LogP contribution in [-0.4, -0.2) is 29.8 Å². The topological polar surface area (TPSA) is 63.4 Å². The predicted octanol–water partition coefficient (Wildman–Crippen LogP) is 2.44. The molecular weight excluding hydrogens is 332 g/mol. The number of hydrogen-bond donors (Lipinski definition) is 1. The second kappa shape index (κ2) is 5.13. The van der Waals surface area contributed by atoms with E-state index in [0.717, 1.165) is 4.47 Å². The first-order valence-electron chi connectivity index (χ1n) is 5.88. The van der Waals surface area contributed by atoms with Gasteiger partial charge in [0.05, 0.1) is 10.4 Å². The lowest BCUT2D eigenvalue weighted by Gasteiger charge is -2.21. The Morgan fingerprint density at radius 3 is 2.68 bits per heavy atom. The monoisotopic (exact) mass is 344 g/mol. The van der Waals surface area contributed by atoms with Crippen molar-refractivity contribution >= 4 is 39.3 Å². The Bertz CT molecular complexity index is 549. The van der Waals surface area contributed by atoms with E-state index in [4.69, 9.17) is 17.3 Å². The average molecular weight is 346 g/mol. The molecule has 1 atom stereocenters. The number of carbonyl (C=O) groups excluding carboxylic acids is 2. The molecule has 6 heteroatoms. The highest BCUT2D eigenvalue weighted by molar-refractivity contribution is 9.10. The molecule has 0 saturated carbocycles. The van der Waals surface area contributed by atoms with Crippen molar-refractivity contribution in [1.29, 1.82) is 0 Å². The third kappa shape index (κ3) is 2.77. The van der Waals surface area contributed by atoms with E-state index in [0.29, 0.717) is 30.1 Å². The number of halogens is 2. The zero-order chi connectivity index (χ0) is 14.2. The molecule has 2 rings (SSSR count). The summed E-state index contributed by atoms with van der Waals surface area (Å²) in [5, 5.41) is 0.489. The molecule has 0 aromatic heterocycles. The summed E-state index contributed by atoms with van der Waals surface area (Å²) in [5.41, 5.74) is 5.26. The average Bonchev–Trinajstić information content (AvgIpc) is 2.76. The molecule has 1 fully saturated rings. The van der Waals surface area contributed by atoms with Crippen molar-refractivity contribution in [3.8, 4) is 0 Å². The Kier molecular flexibility index (Phi) is 3.87. The van der Waals surface area contributed by atoms with E-state index in [1.165, 1.54) is 0 Å². The fraction of sp³-hybridized carbons (Fsp3) is 0.385. The molecule has 1 unspecified atom stereocenters. The van der Waals surface area contributed by atoms with Crippen molar-refractivity contribution in [2.45, 2.75) is 13.3 Å². The first-order chi connectivity index (χ1) is 8.83. The molecule has 1 aliphatic heterocycles. The molecule has 0 aliphatic carbocycles. The van der Waals surface area contributed by atoms with Crippen molar-refractivity contribution in [2.24, 2.45) is 11.1 Å². The Balaban J connectivity index is 2.18. The van der Waals surface area contributed by atoms with Gasteiger partial charge in [0, 0.05) is 23.1 Å². The number of nitrogens with zero attached hydrogens (tertiary/aromatic N) is 1. The molecule has 2 amide bonds. The number of nitrogens with two attached hydrogens (primary N) is 1. The van der Waals surface area contributed by atoms with Crippen LogP contribution in [0.5, 0.6) is 0 Å². The lowest BCUT2D eigenvalue weighted by Crippen LogP contribution is -2.38. The number of primary amides is 1. The van der Waals surface area contributed by atoms with Crippen LogP contribution in [-0.2, 0) is 4.79 Å². The minimum Gasteiger partial charge on any atom is -0.369 e. The number of amides is 2. The van der Waals surface area contributed by atoms with Gasteiger partial charge in [0.25, 0.3) is 5.91 Å². The SMILES string of the molecule is CC1(C(N)=O)CCN(C(=O)c2ccc(Br)c(Cl)c2)C1. The summed E-state index contributed by atoms with van der Waals surface area (Å²) in [6, 6.07) is 5.06. The second-order valence-electron chi connectivity index (χ2n) is 5.03. The lowest BCUT2D eigenvalue weighted by molar-refractivity contribution is -0.126. The second-order valence-corrected chi connectivity index (χ2v) is 6.29. The molecule has 2 N–H and O–H groups in total. The maximum absolute atomic E-state index is 12.3. The minimum atomic E-state index is -0.630. The van der Waals surface area contributed by atoms with Crippen molar-refractivity contribution in [2.75, 3.05) is 13.1 Å². The van der Waals surface area contributed by atoms with Gasteiger partial charge in [-0.2, -0.15) is 0 Å². The highest BCUT2D eigenvalue weighted by atomic mass is 79.9. The summed E-state index contributed by atoms with van der Waals surface area (Å²) in [7, 11) is 0. The Morgan fingerprint density at radius 1 is 1.47 bits per heavy atom. The maximum atomic E-state index is 12.3. The van der Waals surface area contributed by atoms with Gasteiger partial charge in [-0.05, 0) is 47.5 Å². The number of likely N-dealkylation sites (tertiary alicyclic amines) is 1. The number of hydrogen-bond acceptors (Lipinski definition) is 2. The standard InChI is InChI=1S/C13H14BrClN2O2/c1-13(12(16)19)4-5-17(7-13)11(18)8-2-3-9(14)10(15)6-8/h2-3,6H,4-5,7H2,1H3,(H2,16,19). The lowest BCUT2D eigenvalue weighted by atomic mass is 9.89. The summed E-state index contributed by atoms with van der Waals surface area (Å²) in [6.45, 7) is 2.68. The van der Waals surface area contributed by atoms with E-state index in [9.17, 15) is 9.59 Å². The Labute approximate surface area is 125 Å². The molecule has 0 radical (unpaired) electrons. The van der Waals surface area contributed by atoms with Crippen LogP contribution in [0, 0.1) is 5.41 Å². The van der Waals surface area contributed by atoms with Crippen molar-refractivity contribution < 1.29 is 9.59 Å². The number of rotatable bonds is 2. The molecule has 1 aromatic carbocycles. The van der Waals surface area contributed by atoms with Crippen LogP contribution in [0.4, 0.5) is 0 Å². The van der Waals surface area contributed by atoms with E-state index in [1.54, 1.807) is 30.0 Å². The number of carbonyl (C=O) groups is 2. The van der Waals surface area contributed by atoms with Crippen molar-refractivity contribution in [3.63, 3.8) is 0 Å². The minimum absolute atomic E-state index is 0.126. The third-order valence-electron chi connectivity index (χ3n) is 3.52. The van der Waals surface area contributed by atoms with Crippen LogP contribution in [0.15, 0.2) is 22.7 Å². The molecule has 4 nitrogen and oxygen atoms in total. The smallest absolute Gasteiger partial charge is 0.253 e. The molecule has 19 heavy (non-hydrogen) atoms. The maximum Gasteiger partial charge on any atom is 0.253 e. The van der Waals surface area contributed by atoms with Crippen molar-refractivity contribution in [1.82, 2.24) is 4.90 Å². The third-order valence-corrected chi connectivity index (χ3v) is 4.75. The van der Waals surface area contributed by atoms with Gasteiger partial charge >= 0.3 is 0 Å². The van der Waals surface area contributed by atoms with E-state index in [1.807, 2.05) is 0 Å². The van der Waals surface area contributed by atoms with Crippen LogP contribution in [0.2, 0.25) is 5.02 Å². The highest BCUT2D eigenvalue weighted by Gasteiger charge is 2.40. The van der Waals surface area contributed by atoms with Crippen LogP contribution in [0.25, 0.3) is 0 Å². The van der Waals surface area contributed by atoms with Crippen LogP contribution in [0.1, 0.15) is 23.7 Å². The van der Waals surface area contributed by atoms with E-state index in [-0.39, 0.29) is 11.8 Å². The summed E-state index contributed by atoms with van der Waals surface area (Å²) >= 11 is 9.26. The molecule has 102 valence electrons. The Morgan fingerprint density at radius 2 is 2.16 bits per heavy atom. The van der Waals surface area contributed by atoms with Crippen molar-refractivity contribution in [3.05, 3.63) is 33.3 Å². The largest absolute Gasteiger partial charge is 0.369 e. The molecule has 1 heterocycles. The van der Waals surface area contributed by atoms with Gasteiger partial charge in [0.2, 0.25) is 5.91 Å². The fourth-order valence-electron chi connectivity index (χ4n) is 2.15. The molecular formula is C13H14BrClN2O2. The molecule has 0 bridgehead atoms. The number of benzene rings is 1. The first-order valence-corrected chi connectivity index (χ1v) is 7.05. The van der Waals surface area contributed by atoms with Gasteiger partial charge in [-0.3, -0.25) is 9.59 Å². The summed E-state index contributed by atoms with van der Waals surface area (Å²) in [4.78, 5) is 25.3.